The van der Waals surface area contributed by atoms with Crippen LogP contribution in [0.3, 0.4) is 0 Å². The zero-order chi connectivity index (χ0) is 16.1. The van der Waals surface area contributed by atoms with Crippen molar-refractivity contribution >= 4 is 39.3 Å². The molecule has 0 aliphatic heterocycles. The minimum Gasteiger partial charge on any atom is -0.465 e. The largest absolute Gasteiger partial charge is 0.465 e. The summed E-state index contributed by atoms with van der Waals surface area (Å²) in [6, 6.07) is 12.1. The number of hydrogen-bond acceptors (Lipinski definition) is 2. The maximum atomic E-state index is 12.3. The molecule has 0 aliphatic carbocycles. The van der Waals surface area contributed by atoms with Crippen LogP contribution in [0.25, 0.3) is 0 Å². The van der Waals surface area contributed by atoms with E-state index in [0.29, 0.717) is 23.4 Å². The van der Waals surface area contributed by atoms with Crippen LogP contribution in [0, 0.1) is 0 Å². The van der Waals surface area contributed by atoms with Crippen LogP contribution >= 0.6 is 15.9 Å². The predicted octanol–water partition coefficient (Wildman–Crippen LogP) is 4.35. The summed E-state index contributed by atoms with van der Waals surface area (Å²) in [5.41, 5.74) is 2.35. The molecule has 0 aliphatic rings. The molecule has 3 N–H and O–H groups in total. The van der Waals surface area contributed by atoms with E-state index in [4.69, 9.17) is 5.11 Å². The van der Waals surface area contributed by atoms with Crippen LogP contribution in [0.4, 0.5) is 16.2 Å². The molecule has 2 aromatic rings. The predicted molar refractivity (Wildman–Crippen MR) is 89.6 cm³/mol. The van der Waals surface area contributed by atoms with E-state index >= 15 is 0 Å². The van der Waals surface area contributed by atoms with Gasteiger partial charge in [0.25, 0.3) is 5.91 Å². The van der Waals surface area contributed by atoms with Crippen molar-refractivity contribution in [3.8, 4) is 0 Å². The summed E-state index contributed by atoms with van der Waals surface area (Å²) < 4.78 is 0.894. The lowest BCUT2D eigenvalue weighted by atomic mass is 10.1. The summed E-state index contributed by atoms with van der Waals surface area (Å²) in [4.78, 5) is 23.1. The van der Waals surface area contributed by atoms with Crippen molar-refractivity contribution in [1.29, 1.82) is 0 Å². The minimum absolute atomic E-state index is 0.241. The number of carboxylic acid groups (broad SMARTS) is 1. The molecule has 0 heterocycles. The van der Waals surface area contributed by atoms with Gasteiger partial charge in [-0.3, -0.25) is 10.1 Å². The molecule has 0 atom stereocenters. The highest BCUT2D eigenvalue weighted by molar-refractivity contribution is 9.10. The lowest BCUT2D eigenvalue weighted by Crippen LogP contribution is -2.15. The maximum absolute atomic E-state index is 12.3. The monoisotopic (exact) mass is 362 g/mol. The van der Waals surface area contributed by atoms with Gasteiger partial charge in [0.15, 0.2) is 0 Å². The maximum Gasteiger partial charge on any atom is 0.409 e. The number of nitrogens with one attached hydrogen (secondary N) is 2. The molecule has 0 fully saturated rings. The number of benzene rings is 2. The first-order valence-corrected chi connectivity index (χ1v) is 7.49. The van der Waals surface area contributed by atoms with Gasteiger partial charge in [-0.1, -0.05) is 28.9 Å². The Morgan fingerprint density at radius 3 is 2.18 bits per heavy atom. The second-order valence-corrected chi connectivity index (χ2v) is 5.49. The average molecular weight is 363 g/mol. The van der Waals surface area contributed by atoms with Crippen molar-refractivity contribution in [2.45, 2.75) is 13.3 Å². The molecule has 2 aromatic carbocycles. The fraction of sp³-hybridized carbons (Fsp3) is 0.125. The molecule has 0 saturated carbocycles. The van der Waals surface area contributed by atoms with E-state index in [1.807, 2.05) is 6.92 Å². The van der Waals surface area contributed by atoms with Crippen molar-refractivity contribution in [2.75, 3.05) is 10.6 Å². The summed E-state index contributed by atoms with van der Waals surface area (Å²) in [5.74, 6) is -0.241. The van der Waals surface area contributed by atoms with E-state index in [9.17, 15) is 9.59 Å². The van der Waals surface area contributed by atoms with Gasteiger partial charge >= 0.3 is 6.09 Å². The smallest absolute Gasteiger partial charge is 0.409 e. The van der Waals surface area contributed by atoms with Gasteiger partial charge in [0.05, 0.1) is 0 Å². The number of rotatable bonds is 4. The SMILES string of the molecule is CCc1c(NC(=O)O)cccc1NC(=O)c1ccc(Br)cc1. The first-order chi connectivity index (χ1) is 10.5. The number of anilines is 2. The van der Waals surface area contributed by atoms with Crippen molar-refractivity contribution in [2.24, 2.45) is 0 Å². The standard InChI is InChI=1S/C16H15BrN2O3/c1-2-12-13(4-3-5-14(12)19-16(21)22)18-15(20)10-6-8-11(17)9-7-10/h3-9,19H,2H2,1H3,(H,18,20)(H,21,22). The van der Waals surface area contributed by atoms with Crippen molar-refractivity contribution in [3.05, 3.63) is 58.1 Å². The van der Waals surface area contributed by atoms with Gasteiger partial charge in [-0.05, 0) is 48.4 Å². The first-order valence-electron chi connectivity index (χ1n) is 6.70. The van der Waals surface area contributed by atoms with E-state index in [2.05, 4.69) is 26.6 Å². The third kappa shape index (κ3) is 3.85. The number of halogens is 1. The number of carbonyl (C=O) groups is 2. The molecule has 5 nitrogen and oxygen atoms in total. The van der Waals surface area contributed by atoms with Gasteiger partial charge in [-0.15, -0.1) is 0 Å². The van der Waals surface area contributed by atoms with Crippen LogP contribution in [0.1, 0.15) is 22.8 Å². The highest BCUT2D eigenvalue weighted by Crippen LogP contribution is 2.25. The lowest BCUT2D eigenvalue weighted by Gasteiger charge is -2.14. The fourth-order valence-electron chi connectivity index (χ4n) is 2.11. The van der Waals surface area contributed by atoms with Gasteiger partial charge in [-0.25, -0.2) is 4.79 Å². The van der Waals surface area contributed by atoms with Crippen LogP contribution in [0.2, 0.25) is 0 Å². The Kier molecular flexibility index (Phi) is 5.16. The summed E-state index contributed by atoms with van der Waals surface area (Å²) in [6.07, 6.45) is -0.544. The molecule has 0 aromatic heterocycles. The van der Waals surface area contributed by atoms with Crippen LogP contribution in [-0.2, 0) is 6.42 Å². The van der Waals surface area contributed by atoms with E-state index < -0.39 is 6.09 Å². The third-order valence-corrected chi connectivity index (χ3v) is 3.65. The molecule has 2 rings (SSSR count). The molecule has 0 bridgehead atoms. The summed E-state index contributed by atoms with van der Waals surface area (Å²) >= 11 is 3.32. The molecule has 114 valence electrons. The van der Waals surface area contributed by atoms with Crippen LogP contribution < -0.4 is 10.6 Å². The lowest BCUT2D eigenvalue weighted by molar-refractivity contribution is 0.102. The second kappa shape index (κ2) is 7.09. The van der Waals surface area contributed by atoms with Crippen LogP contribution in [-0.4, -0.2) is 17.1 Å². The summed E-state index contributed by atoms with van der Waals surface area (Å²) in [6.45, 7) is 1.90. The molecule has 2 amide bonds. The van der Waals surface area contributed by atoms with Crippen molar-refractivity contribution in [1.82, 2.24) is 0 Å². The Hall–Kier alpha value is -2.34. The number of carbonyl (C=O) groups excluding carboxylic acids is 1. The average Bonchev–Trinajstić information content (AvgIpc) is 2.47. The minimum atomic E-state index is -1.13. The van der Waals surface area contributed by atoms with Gasteiger partial charge in [0, 0.05) is 21.4 Å². The Labute approximate surface area is 136 Å². The molecule has 0 saturated heterocycles. The Morgan fingerprint density at radius 1 is 1.05 bits per heavy atom. The van der Waals surface area contributed by atoms with Gasteiger partial charge in [0.2, 0.25) is 0 Å². The van der Waals surface area contributed by atoms with Gasteiger partial charge in [0.1, 0.15) is 0 Å². The van der Waals surface area contributed by atoms with Gasteiger partial charge in [-0.2, -0.15) is 0 Å². The molecular formula is C16H15BrN2O3. The molecular weight excluding hydrogens is 348 g/mol. The Morgan fingerprint density at radius 2 is 1.64 bits per heavy atom. The zero-order valence-electron chi connectivity index (χ0n) is 11.9. The van der Waals surface area contributed by atoms with Gasteiger partial charge < -0.3 is 10.4 Å². The molecule has 0 unspecified atom stereocenters. The summed E-state index contributed by atoms with van der Waals surface area (Å²) in [7, 11) is 0. The molecule has 22 heavy (non-hydrogen) atoms. The van der Waals surface area contributed by atoms with E-state index in [1.165, 1.54) is 0 Å². The van der Waals surface area contributed by atoms with E-state index in [1.54, 1.807) is 42.5 Å². The Balaban J connectivity index is 2.27. The van der Waals surface area contributed by atoms with E-state index in [0.717, 1.165) is 10.0 Å². The molecule has 6 heteroatoms. The van der Waals surface area contributed by atoms with Crippen molar-refractivity contribution in [3.63, 3.8) is 0 Å². The van der Waals surface area contributed by atoms with E-state index in [-0.39, 0.29) is 5.91 Å². The molecule has 0 radical (unpaired) electrons. The number of hydrogen-bond donors (Lipinski definition) is 3. The number of amides is 2. The highest BCUT2D eigenvalue weighted by atomic mass is 79.9. The van der Waals surface area contributed by atoms with Crippen molar-refractivity contribution < 1.29 is 14.7 Å². The Bertz CT molecular complexity index is 699. The first kappa shape index (κ1) is 16.0. The highest BCUT2D eigenvalue weighted by Gasteiger charge is 2.12. The van der Waals surface area contributed by atoms with Crippen LogP contribution in [0.15, 0.2) is 46.9 Å². The summed E-state index contributed by atoms with van der Waals surface area (Å²) in [5, 5.41) is 14.0. The van der Waals surface area contributed by atoms with Crippen LogP contribution in [0.5, 0.6) is 0 Å². The third-order valence-electron chi connectivity index (χ3n) is 3.13. The zero-order valence-corrected chi connectivity index (χ0v) is 13.5. The topological polar surface area (TPSA) is 78.4 Å². The fourth-order valence-corrected chi connectivity index (χ4v) is 2.38. The molecule has 0 spiro atoms. The normalized spacial score (nSPS) is 10.1. The quantitative estimate of drug-likeness (QED) is 0.756. The second-order valence-electron chi connectivity index (χ2n) is 4.58.